The van der Waals surface area contributed by atoms with E-state index in [0.29, 0.717) is 11.1 Å². The van der Waals surface area contributed by atoms with Crippen LogP contribution in [-0.4, -0.2) is 5.11 Å². The molecule has 1 unspecified atom stereocenters. The van der Waals surface area contributed by atoms with Gasteiger partial charge in [-0.15, -0.1) is 0 Å². The van der Waals surface area contributed by atoms with Gasteiger partial charge in [0.05, 0.1) is 6.10 Å². The molecule has 0 fully saturated rings. The molecule has 0 aliphatic rings. The van der Waals surface area contributed by atoms with Crippen molar-refractivity contribution < 1.29 is 9.50 Å². The topological polar surface area (TPSA) is 20.2 Å². The Bertz CT molecular complexity index is 635. The molecule has 0 spiro atoms. The molecule has 20 heavy (non-hydrogen) atoms. The largest absolute Gasteiger partial charge is 0.389 e. The van der Waals surface area contributed by atoms with Crippen LogP contribution in [0.2, 0.25) is 0 Å². The van der Waals surface area contributed by atoms with Crippen molar-refractivity contribution in [3.05, 3.63) is 58.4 Å². The quantitative estimate of drug-likeness (QED) is 0.862. The van der Waals surface area contributed by atoms with E-state index in [0.717, 1.165) is 9.79 Å². The number of benzene rings is 2. The molecule has 0 bridgehead atoms. The average molecular weight is 290 g/mol. The predicted octanol–water partition coefficient (Wildman–Crippen LogP) is 4.96. The molecule has 0 amide bonds. The van der Waals surface area contributed by atoms with E-state index >= 15 is 0 Å². The molecule has 2 aromatic carbocycles. The van der Waals surface area contributed by atoms with E-state index in [1.807, 2.05) is 0 Å². The molecule has 2 aromatic rings. The van der Waals surface area contributed by atoms with Crippen molar-refractivity contribution in [1.29, 1.82) is 0 Å². The SMILES string of the molecule is Cc1ccc(Sc2cc(C)c(F)cc2C(C)O)cc1C. The van der Waals surface area contributed by atoms with Crippen LogP contribution in [0.25, 0.3) is 0 Å². The van der Waals surface area contributed by atoms with Crippen LogP contribution in [0.15, 0.2) is 40.1 Å². The average Bonchev–Trinajstić information content (AvgIpc) is 2.37. The van der Waals surface area contributed by atoms with Crippen LogP contribution < -0.4 is 0 Å². The van der Waals surface area contributed by atoms with Crippen molar-refractivity contribution in [2.75, 3.05) is 0 Å². The second-order valence-corrected chi connectivity index (χ2v) is 6.28. The van der Waals surface area contributed by atoms with Crippen molar-refractivity contribution in [1.82, 2.24) is 0 Å². The molecule has 1 nitrogen and oxygen atoms in total. The van der Waals surface area contributed by atoms with Gasteiger partial charge in [-0.25, -0.2) is 4.39 Å². The summed E-state index contributed by atoms with van der Waals surface area (Å²) in [5.41, 5.74) is 3.71. The van der Waals surface area contributed by atoms with Crippen LogP contribution >= 0.6 is 11.8 Å². The van der Waals surface area contributed by atoms with Gasteiger partial charge in [0.2, 0.25) is 0 Å². The van der Waals surface area contributed by atoms with Gasteiger partial charge < -0.3 is 5.11 Å². The number of hydrogen-bond acceptors (Lipinski definition) is 2. The number of aliphatic hydroxyl groups is 1. The van der Waals surface area contributed by atoms with Crippen molar-refractivity contribution in [2.45, 2.75) is 43.6 Å². The summed E-state index contributed by atoms with van der Waals surface area (Å²) >= 11 is 1.56. The summed E-state index contributed by atoms with van der Waals surface area (Å²) in [5.74, 6) is -0.273. The Labute approximate surface area is 123 Å². The van der Waals surface area contributed by atoms with E-state index in [1.165, 1.54) is 17.2 Å². The van der Waals surface area contributed by atoms with Crippen LogP contribution in [-0.2, 0) is 0 Å². The second-order valence-electron chi connectivity index (χ2n) is 5.16. The lowest BCUT2D eigenvalue weighted by Gasteiger charge is -2.14. The Morgan fingerprint density at radius 1 is 1.00 bits per heavy atom. The number of rotatable bonds is 3. The molecular weight excluding hydrogens is 271 g/mol. The lowest BCUT2D eigenvalue weighted by molar-refractivity contribution is 0.196. The third-order valence-electron chi connectivity index (χ3n) is 3.45. The van der Waals surface area contributed by atoms with Gasteiger partial charge in [-0.2, -0.15) is 0 Å². The fourth-order valence-electron chi connectivity index (χ4n) is 1.99. The summed E-state index contributed by atoms with van der Waals surface area (Å²) in [5, 5.41) is 9.82. The highest BCUT2D eigenvalue weighted by atomic mass is 32.2. The summed E-state index contributed by atoms with van der Waals surface area (Å²) in [6.07, 6.45) is -0.681. The number of hydrogen-bond donors (Lipinski definition) is 1. The van der Waals surface area contributed by atoms with Crippen molar-refractivity contribution in [2.24, 2.45) is 0 Å². The maximum absolute atomic E-state index is 13.7. The van der Waals surface area contributed by atoms with Crippen LogP contribution in [0, 0.1) is 26.6 Å². The predicted molar refractivity (Wildman–Crippen MR) is 81.8 cm³/mol. The van der Waals surface area contributed by atoms with E-state index in [2.05, 4.69) is 32.0 Å². The molecule has 0 saturated carbocycles. The van der Waals surface area contributed by atoms with Crippen molar-refractivity contribution in [3.8, 4) is 0 Å². The molecular formula is C17H19FOS. The zero-order valence-electron chi connectivity index (χ0n) is 12.2. The fraction of sp³-hybridized carbons (Fsp3) is 0.294. The van der Waals surface area contributed by atoms with E-state index in [-0.39, 0.29) is 5.82 Å². The number of aryl methyl sites for hydroxylation is 3. The van der Waals surface area contributed by atoms with Gasteiger partial charge >= 0.3 is 0 Å². The van der Waals surface area contributed by atoms with Gasteiger partial charge in [0.1, 0.15) is 5.82 Å². The van der Waals surface area contributed by atoms with Crippen molar-refractivity contribution in [3.63, 3.8) is 0 Å². The third-order valence-corrected chi connectivity index (χ3v) is 4.51. The van der Waals surface area contributed by atoms with Gasteiger partial charge in [-0.3, -0.25) is 0 Å². The third kappa shape index (κ3) is 3.22. The second kappa shape index (κ2) is 5.98. The van der Waals surface area contributed by atoms with E-state index < -0.39 is 6.10 Å². The highest BCUT2D eigenvalue weighted by molar-refractivity contribution is 7.99. The summed E-state index contributed by atoms with van der Waals surface area (Å²) < 4.78 is 13.7. The Kier molecular flexibility index (Phi) is 4.51. The molecule has 0 aliphatic carbocycles. The summed E-state index contributed by atoms with van der Waals surface area (Å²) in [6.45, 7) is 7.55. The van der Waals surface area contributed by atoms with E-state index in [9.17, 15) is 9.50 Å². The monoisotopic (exact) mass is 290 g/mol. The molecule has 2 rings (SSSR count). The lowest BCUT2D eigenvalue weighted by atomic mass is 10.1. The van der Waals surface area contributed by atoms with Crippen molar-refractivity contribution >= 4 is 11.8 Å². The highest BCUT2D eigenvalue weighted by Gasteiger charge is 2.13. The number of halogens is 1. The molecule has 3 heteroatoms. The zero-order valence-corrected chi connectivity index (χ0v) is 13.0. The molecule has 0 saturated heterocycles. The highest BCUT2D eigenvalue weighted by Crippen LogP contribution is 2.35. The van der Waals surface area contributed by atoms with Crippen LogP contribution in [0.5, 0.6) is 0 Å². The van der Waals surface area contributed by atoms with Gasteiger partial charge in [-0.05, 0) is 74.2 Å². The molecule has 0 aliphatic heterocycles. The first-order valence-corrected chi connectivity index (χ1v) is 7.43. The first kappa shape index (κ1) is 15.1. The van der Waals surface area contributed by atoms with Gasteiger partial charge in [-0.1, -0.05) is 17.8 Å². The fourth-order valence-corrected chi connectivity index (χ4v) is 3.20. The minimum Gasteiger partial charge on any atom is -0.389 e. The molecule has 106 valence electrons. The molecule has 0 heterocycles. The maximum atomic E-state index is 13.7. The van der Waals surface area contributed by atoms with Gasteiger partial charge in [0.15, 0.2) is 0 Å². The Balaban J connectivity index is 2.41. The molecule has 0 aromatic heterocycles. The normalized spacial score (nSPS) is 12.5. The summed E-state index contributed by atoms with van der Waals surface area (Å²) in [7, 11) is 0. The van der Waals surface area contributed by atoms with Gasteiger partial charge in [0.25, 0.3) is 0 Å². The van der Waals surface area contributed by atoms with Gasteiger partial charge in [0, 0.05) is 9.79 Å². The molecule has 1 N–H and O–H groups in total. The van der Waals surface area contributed by atoms with Crippen LogP contribution in [0.3, 0.4) is 0 Å². The summed E-state index contributed by atoms with van der Waals surface area (Å²) in [4.78, 5) is 2.00. The molecule has 1 atom stereocenters. The molecule has 0 radical (unpaired) electrons. The minimum atomic E-state index is -0.681. The first-order valence-electron chi connectivity index (χ1n) is 6.61. The van der Waals surface area contributed by atoms with Crippen LogP contribution in [0.4, 0.5) is 4.39 Å². The Morgan fingerprint density at radius 2 is 1.70 bits per heavy atom. The van der Waals surface area contributed by atoms with Crippen LogP contribution in [0.1, 0.15) is 35.3 Å². The number of aliphatic hydroxyl groups excluding tert-OH is 1. The smallest absolute Gasteiger partial charge is 0.126 e. The standard InChI is InChI=1S/C17H19FOS/c1-10-5-6-14(7-11(10)2)20-17-8-12(3)16(18)9-15(17)13(4)19/h5-9,13,19H,1-4H3. The first-order chi connectivity index (χ1) is 9.38. The zero-order chi connectivity index (χ0) is 14.9. The Hall–Kier alpha value is -1.32. The minimum absolute atomic E-state index is 0.273. The Morgan fingerprint density at radius 3 is 2.30 bits per heavy atom. The maximum Gasteiger partial charge on any atom is 0.126 e. The van der Waals surface area contributed by atoms with E-state index in [4.69, 9.17) is 0 Å². The van der Waals surface area contributed by atoms with E-state index in [1.54, 1.807) is 31.7 Å². The lowest BCUT2D eigenvalue weighted by Crippen LogP contribution is -1.97. The summed E-state index contributed by atoms with van der Waals surface area (Å²) in [6, 6.07) is 9.48.